The zero-order valence-electron chi connectivity index (χ0n) is 18.3. The quantitative estimate of drug-likeness (QED) is 0.148. The summed E-state index contributed by atoms with van der Waals surface area (Å²) in [6, 6.07) is 18.4. The van der Waals surface area contributed by atoms with E-state index in [-0.39, 0.29) is 22.5 Å². The Bertz CT molecular complexity index is 1480. The molecule has 0 N–H and O–H groups in total. The second-order valence-corrected chi connectivity index (χ2v) is 10.1. The van der Waals surface area contributed by atoms with Crippen LogP contribution in [-0.4, -0.2) is 33.9 Å². The first-order chi connectivity index (χ1) is 17.3. The number of rotatable bonds is 3. The standard InChI is InChI=1S/C26H15IN2O7/c27-14-5-3-4-13(12-14)21-19-20(26(36-21)22(30)17-6-1-2-7-18(17)23(26)31)25(33)28(24(19)32)15-8-10-16(11-9-15)29(34)35/h1-12,19-21H/t19-,20-,21+/m1/s1. The van der Waals surface area contributed by atoms with Crippen LogP contribution in [0.2, 0.25) is 0 Å². The number of non-ortho nitro benzene ring substituents is 1. The van der Waals surface area contributed by atoms with Gasteiger partial charge in [-0.25, -0.2) is 4.90 Å². The molecule has 1 spiro atoms. The van der Waals surface area contributed by atoms with Gasteiger partial charge in [-0.2, -0.15) is 0 Å². The van der Waals surface area contributed by atoms with Gasteiger partial charge in [0.15, 0.2) is 0 Å². The minimum Gasteiger partial charge on any atom is -0.349 e. The maximum Gasteiger partial charge on any atom is 0.269 e. The Balaban J connectivity index is 1.52. The van der Waals surface area contributed by atoms with Crippen molar-refractivity contribution in [2.45, 2.75) is 11.7 Å². The summed E-state index contributed by atoms with van der Waals surface area (Å²) < 4.78 is 7.09. The summed E-state index contributed by atoms with van der Waals surface area (Å²) in [5.74, 6) is -5.17. The molecular weight excluding hydrogens is 579 g/mol. The van der Waals surface area contributed by atoms with Crippen LogP contribution in [0.3, 0.4) is 0 Å². The predicted octanol–water partition coefficient (Wildman–Crippen LogP) is 3.89. The van der Waals surface area contributed by atoms with Crippen LogP contribution in [0.4, 0.5) is 11.4 Å². The van der Waals surface area contributed by atoms with Crippen LogP contribution in [0.15, 0.2) is 72.8 Å². The molecule has 2 saturated heterocycles. The van der Waals surface area contributed by atoms with Gasteiger partial charge < -0.3 is 4.74 Å². The molecule has 0 aromatic heterocycles. The first kappa shape index (κ1) is 22.7. The number of nitro groups is 1. The number of ketones is 2. The molecule has 3 atom stereocenters. The smallest absolute Gasteiger partial charge is 0.269 e. The van der Waals surface area contributed by atoms with Crippen molar-refractivity contribution < 1.29 is 28.8 Å². The monoisotopic (exact) mass is 594 g/mol. The number of benzene rings is 3. The number of imide groups is 1. The number of carbonyl (C=O) groups excluding carboxylic acids is 4. The summed E-state index contributed by atoms with van der Waals surface area (Å²) in [6.45, 7) is 0. The Hall–Kier alpha value is -3.77. The molecule has 2 amide bonds. The molecule has 36 heavy (non-hydrogen) atoms. The first-order valence-electron chi connectivity index (χ1n) is 11.0. The van der Waals surface area contributed by atoms with Crippen LogP contribution in [0.25, 0.3) is 0 Å². The fraction of sp³-hybridized carbons (Fsp3) is 0.154. The van der Waals surface area contributed by atoms with Crippen LogP contribution >= 0.6 is 22.6 Å². The third-order valence-electron chi connectivity index (χ3n) is 7.01. The second-order valence-electron chi connectivity index (χ2n) is 8.82. The molecule has 10 heteroatoms. The highest BCUT2D eigenvalue weighted by Crippen LogP contribution is 2.57. The van der Waals surface area contributed by atoms with E-state index in [2.05, 4.69) is 22.6 Å². The summed E-state index contributed by atoms with van der Waals surface area (Å²) in [5, 5.41) is 11.1. The molecule has 2 fully saturated rings. The normalized spacial score (nSPS) is 23.9. The number of ether oxygens (including phenoxy) is 1. The Morgan fingerprint density at radius 1 is 0.861 bits per heavy atom. The Kier molecular flexibility index (Phi) is 4.96. The van der Waals surface area contributed by atoms with Crippen molar-refractivity contribution in [3.8, 4) is 0 Å². The average Bonchev–Trinajstić information content (AvgIpc) is 3.44. The zero-order chi connectivity index (χ0) is 25.4. The van der Waals surface area contributed by atoms with Crippen molar-refractivity contribution in [2.24, 2.45) is 11.8 Å². The SMILES string of the molecule is O=C1[C@H]2[C@H](c3cccc(I)c3)OC3(C(=O)c4ccccc4C3=O)[C@H]2C(=O)N1c1ccc([N+](=O)[O-])cc1. The summed E-state index contributed by atoms with van der Waals surface area (Å²) in [6.07, 6.45) is -1.02. The van der Waals surface area contributed by atoms with E-state index in [0.717, 1.165) is 8.47 Å². The van der Waals surface area contributed by atoms with Crippen molar-refractivity contribution in [3.63, 3.8) is 0 Å². The van der Waals surface area contributed by atoms with Crippen molar-refractivity contribution in [2.75, 3.05) is 4.90 Å². The highest BCUT2D eigenvalue weighted by molar-refractivity contribution is 14.1. The summed E-state index contributed by atoms with van der Waals surface area (Å²) in [5.41, 5.74) is -1.37. The fourth-order valence-corrected chi connectivity index (χ4v) is 6.05. The molecule has 0 radical (unpaired) electrons. The number of hydrogen-bond acceptors (Lipinski definition) is 7. The highest BCUT2D eigenvalue weighted by Gasteiger charge is 2.74. The largest absolute Gasteiger partial charge is 0.349 e. The van der Waals surface area contributed by atoms with Gasteiger partial charge in [0.05, 0.1) is 28.6 Å². The Labute approximate surface area is 217 Å². The van der Waals surface area contributed by atoms with Gasteiger partial charge in [0, 0.05) is 26.8 Å². The molecule has 0 bridgehead atoms. The van der Waals surface area contributed by atoms with Gasteiger partial charge >= 0.3 is 0 Å². The van der Waals surface area contributed by atoms with E-state index in [0.29, 0.717) is 5.56 Å². The van der Waals surface area contributed by atoms with Crippen molar-refractivity contribution >= 4 is 57.3 Å². The lowest BCUT2D eigenvalue weighted by atomic mass is 9.77. The third kappa shape index (κ3) is 2.91. The van der Waals surface area contributed by atoms with Gasteiger partial charge in [-0.05, 0) is 52.4 Å². The number of Topliss-reactive ketones (excluding diaryl/α,β-unsaturated/α-hetero) is 2. The first-order valence-corrected chi connectivity index (χ1v) is 12.1. The zero-order valence-corrected chi connectivity index (χ0v) is 20.4. The number of nitrogens with zero attached hydrogens (tertiary/aromatic N) is 2. The third-order valence-corrected chi connectivity index (χ3v) is 7.69. The molecule has 9 nitrogen and oxygen atoms in total. The van der Waals surface area contributed by atoms with Gasteiger partial charge in [-0.1, -0.05) is 36.4 Å². The molecule has 3 aromatic rings. The number of nitro benzene ring substituents is 1. The molecular formula is C26H15IN2O7. The van der Waals surface area contributed by atoms with E-state index < -0.39 is 51.8 Å². The van der Waals surface area contributed by atoms with Crippen molar-refractivity contribution in [1.29, 1.82) is 0 Å². The van der Waals surface area contributed by atoms with Gasteiger partial charge in [-0.15, -0.1) is 0 Å². The number of amides is 2. The van der Waals surface area contributed by atoms with Crippen molar-refractivity contribution in [3.05, 3.63) is 103 Å². The molecule has 2 aliphatic heterocycles. The molecule has 6 rings (SSSR count). The maximum atomic E-state index is 13.8. The lowest BCUT2D eigenvalue weighted by molar-refractivity contribution is -0.384. The molecule has 178 valence electrons. The number of halogens is 1. The number of carbonyl (C=O) groups is 4. The summed E-state index contributed by atoms with van der Waals surface area (Å²) in [7, 11) is 0. The lowest BCUT2D eigenvalue weighted by Crippen LogP contribution is -2.51. The van der Waals surface area contributed by atoms with Gasteiger partial charge in [0.1, 0.15) is 0 Å². The van der Waals surface area contributed by atoms with Crippen LogP contribution in [0.5, 0.6) is 0 Å². The predicted molar refractivity (Wildman–Crippen MR) is 133 cm³/mol. The minimum absolute atomic E-state index is 0.122. The lowest BCUT2D eigenvalue weighted by Gasteiger charge is -2.27. The van der Waals surface area contributed by atoms with Gasteiger partial charge in [0.25, 0.3) is 5.69 Å². The van der Waals surface area contributed by atoms with Gasteiger partial charge in [-0.3, -0.25) is 29.3 Å². The number of anilines is 1. The fourth-order valence-electron chi connectivity index (χ4n) is 5.48. The number of hydrogen-bond donors (Lipinski definition) is 0. The molecule has 0 unspecified atom stereocenters. The average molecular weight is 594 g/mol. The molecule has 0 saturated carbocycles. The van der Waals surface area contributed by atoms with Crippen molar-refractivity contribution in [1.82, 2.24) is 0 Å². The Morgan fingerprint density at radius 2 is 1.50 bits per heavy atom. The second kappa shape index (κ2) is 7.87. The minimum atomic E-state index is -2.16. The van der Waals surface area contributed by atoms with E-state index in [4.69, 9.17) is 4.74 Å². The molecule has 1 aliphatic carbocycles. The topological polar surface area (TPSA) is 124 Å². The van der Waals surface area contributed by atoms with Crippen LogP contribution in [0, 0.1) is 25.5 Å². The highest BCUT2D eigenvalue weighted by atomic mass is 127. The Morgan fingerprint density at radius 3 is 2.08 bits per heavy atom. The van der Waals surface area contributed by atoms with Crippen LogP contribution < -0.4 is 4.90 Å². The van der Waals surface area contributed by atoms with Crippen LogP contribution in [0.1, 0.15) is 32.4 Å². The van der Waals surface area contributed by atoms with Gasteiger partial charge in [0.2, 0.25) is 29.0 Å². The number of fused-ring (bicyclic) bond motifs is 3. The summed E-state index contributed by atoms with van der Waals surface area (Å²) in [4.78, 5) is 66.5. The summed E-state index contributed by atoms with van der Waals surface area (Å²) >= 11 is 2.10. The molecule has 3 aromatic carbocycles. The van der Waals surface area contributed by atoms with Crippen LogP contribution in [-0.2, 0) is 14.3 Å². The van der Waals surface area contributed by atoms with E-state index in [1.54, 1.807) is 30.3 Å². The maximum absolute atomic E-state index is 13.8. The van der Waals surface area contributed by atoms with E-state index in [1.807, 2.05) is 6.07 Å². The molecule has 2 heterocycles. The van der Waals surface area contributed by atoms with E-state index >= 15 is 0 Å². The van der Waals surface area contributed by atoms with E-state index in [9.17, 15) is 29.3 Å². The van der Waals surface area contributed by atoms with E-state index in [1.165, 1.54) is 36.4 Å². The molecule has 3 aliphatic rings.